The van der Waals surface area contributed by atoms with E-state index in [0.29, 0.717) is 0 Å². The van der Waals surface area contributed by atoms with Gasteiger partial charge in [0.2, 0.25) is 15.9 Å². The summed E-state index contributed by atoms with van der Waals surface area (Å²) in [5, 5.41) is 11.6. The molecule has 1 aromatic rings. The minimum atomic E-state index is -4.02. The third kappa shape index (κ3) is 2.69. The van der Waals surface area contributed by atoms with E-state index in [1.165, 1.54) is 26.0 Å². The van der Waals surface area contributed by atoms with E-state index in [1.54, 1.807) is 0 Å². The standard InChI is InChI=1S/C13H15ClN2O5S/c1-13(2)12(19)15-5-6-16(13)22(20,21)8-3-4-10(14)9(7-8)11(17)18/h3-4,7H,5-6H2,1-2H3,(H,15,19)(H,17,18). The summed E-state index contributed by atoms with van der Waals surface area (Å²) in [6.07, 6.45) is 0. The number of hydrogen-bond acceptors (Lipinski definition) is 4. The Bertz CT molecular complexity index is 745. The average molecular weight is 347 g/mol. The fraction of sp³-hybridized carbons (Fsp3) is 0.385. The first-order valence-electron chi connectivity index (χ1n) is 6.42. The fourth-order valence-electron chi connectivity index (χ4n) is 2.26. The first-order chi connectivity index (χ1) is 10.1. The lowest BCUT2D eigenvalue weighted by atomic mass is 10.0. The lowest BCUT2D eigenvalue weighted by Gasteiger charge is -2.39. The topological polar surface area (TPSA) is 104 Å². The van der Waals surface area contributed by atoms with Crippen LogP contribution in [0.15, 0.2) is 23.1 Å². The van der Waals surface area contributed by atoms with E-state index >= 15 is 0 Å². The number of benzene rings is 1. The zero-order chi connectivity index (χ0) is 16.7. The van der Waals surface area contributed by atoms with E-state index in [1.807, 2.05) is 0 Å². The van der Waals surface area contributed by atoms with Crippen LogP contribution in [0.4, 0.5) is 0 Å². The molecule has 120 valence electrons. The molecule has 0 aromatic heterocycles. The molecule has 1 aromatic carbocycles. The maximum Gasteiger partial charge on any atom is 0.337 e. The number of rotatable bonds is 3. The van der Waals surface area contributed by atoms with E-state index in [2.05, 4.69) is 5.32 Å². The van der Waals surface area contributed by atoms with Crippen molar-refractivity contribution >= 4 is 33.5 Å². The van der Waals surface area contributed by atoms with Crippen molar-refractivity contribution in [3.05, 3.63) is 28.8 Å². The molecule has 0 aliphatic carbocycles. The molecule has 0 bridgehead atoms. The normalized spacial score (nSPS) is 18.8. The van der Waals surface area contributed by atoms with Gasteiger partial charge in [-0.2, -0.15) is 4.31 Å². The molecule has 1 heterocycles. The van der Waals surface area contributed by atoms with Crippen molar-refractivity contribution in [2.75, 3.05) is 13.1 Å². The smallest absolute Gasteiger partial charge is 0.337 e. The first-order valence-corrected chi connectivity index (χ1v) is 8.24. The van der Waals surface area contributed by atoms with Gasteiger partial charge in [0, 0.05) is 13.1 Å². The number of hydrogen-bond donors (Lipinski definition) is 2. The highest BCUT2D eigenvalue weighted by molar-refractivity contribution is 7.89. The Balaban J connectivity index is 2.53. The van der Waals surface area contributed by atoms with Crippen LogP contribution in [0.1, 0.15) is 24.2 Å². The summed E-state index contributed by atoms with van der Waals surface area (Å²) < 4.78 is 26.6. The SMILES string of the molecule is CC1(C)C(=O)NCCN1S(=O)(=O)c1ccc(Cl)c(C(=O)O)c1. The second kappa shape index (κ2) is 5.53. The average Bonchev–Trinajstić information content (AvgIpc) is 2.41. The molecule has 0 spiro atoms. The van der Waals surface area contributed by atoms with Crippen molar-refractivity contribution in [1.82, 2.24) is 9.62 Å². The third-order valence-electron chi connectivity index (χ3n) is 3.54. The Morgan fingerprint density at radius 1 is 1.41 bits per heavy atom. The number of aromatic carboxylic acids is 1. The van der Waals surface area contributed by atoms with Crippen molar-refractivity contribution in [1.29, 1.82) is 0 Å². The van der Waals surface area contributed by atoms with Gasteiger partial charge in [-0.25, -0.2) is 13.2 Å². The van der Waals surface area contributed by atoms with Crippen LogP contribution in [-0.2, 0) is 14.8 Å². The predicted octanol–water partition coefficient (Wildman–Crippen LogP) is 0.937. The van der Waals surface area contributed by atoms with Gasteiger partial charge in [-0.1, -0.05) is 11.6 Å². The number of sulfonamides is 1. The second-order valence-electron chi connectivity index (χ2n) is 5.34. The molecule has 22 heavy (non-hydrogen) atoms. The molecule has 1 saturated heterocycles. The largest absolute Gasteiger partial charge is 0.478 e. The number of amides is 1. The summed E-state index contributed by atoms with van der Waals surface area (Å²) in [5.74, 6) is -1.73. The highest BCUT2D eigenvalue weighted by Crippen LogP contribution is 2.28. The summed E-state index contributed by atoms with van der Waals surface area (Å²) in [6.45, 7) is 3.28. The Morgan fingerprint density at radius 3 is 2.64 bits per heavy atom. The van der Waals surface area contributed by atoms with Gasteiger partial charge in [0.1, 0.15) is 5.54 Å². The van der Waals surface area contributed by atoms with Gasteiger partial charge in [-0.05, 0) is 32.0 Å². The molecular formula is C13H15ClN2O5S. The molecule has 1 aliphatic heterocycles. The first kappa shape index (κ1) is 16.7. The van der Waals surface area contributed by atoms with Crippen molar-refractivity contribution in [2.24, 2.45) is 0 Å². The molecule has 0 radical (unpaired) electrons. The zero-order valence-corrected chi connectivity index (χ0v) is 13.5. The molecule has 0 saturated carbocycles. The van der Waals surface area contributed by atoms with Crippen molar-refractivity contribution in [3.63, 3.8) is 0 Å². The van der Waals surface area contributed by atoms with Crippen LogP contribution < -0.4 is 5.32 Å². The van der Waals surface area contributed by atoms with Crippen LogP contribution >= 0.6 is 11.6 Å². The van der Waals surface area contributed by atoms with Crippen LogP contribution in [0.3, 0.4) is 0 Å². The minimum absolute atomic E-state index is 0.0536. The number of nitrogens with zero attached hydrogens (tertiary/aromatic N) is 1. The molecule has 0 unspecified atom stereocenters. The van der Waals surface area contributed by atoms with Crippen LogP contribution in [0.2, 0.25) is 5.02 Å². The maximum absolute atomic E-state index is 12.7. The number of carboxylic acids is 1. The minimum Gasteiger partial charge on any atom is -0.478 e. The second-order valence-corrected chi connectivity index (χ2v) is 7.61. The van der Waals surface area contributed by atoms with Crippen LogP contribution in [0.25, 0.3) is 0 Å². The molecule has 0 atom stereocenters. The van der Waals surface area contributed by atoms with Crippen LogP contribution in [0, 0.1) is 0 Å². The molecule has 7 nitrogen and oxygen atoms in total. The number of nitrogens with one attached hydrogen (secondary N) is 1. The Labute approximate surface area is 132 Å². The van der Waals surface area contributed by atoms with E-state index in [-0.39, 0.29) is 28.6 Å². The van der Waals surface area contributed by atoms with Gasteiger partial charge in [0.25, 0.3) is 0 Å². The Kier molecular flexibility index (Phi) is 4.20. The van der Waals surface area contributed by atoms with E-state index < -0.39 is 27.4 Å². The lowest BCUT2D eigenvalue weighted by molar-refractivity contribution is -0.131. The summed E-state index contributed by atoms with van der Waals surface area (Å²) in [7, 11) is -4.02. The lowest BCUT2D eigenvalue weighted by Crippen LogP contribution is -2.63. The molecule has 9 heteroatoms. The number of halogens is 1. The third-order valence-corrected chi connectivity index (χ3v) is 5.93. The Hall–Kier alpha value is -1.64. The quantitative estimate of drug-likeness (QED) is 0.847. The molecular weight excluding hydrogens is 332 g/mol. The monoisotopic (exact) mass is 346 g/mol. The molecule has 1 aliphatic rings. The van der Waals surface area contributed by atoms with Gasteiger partial charge in [0.05, 0.1) is 15.5 Å². The Morgan fingerprint density at radius 2 is 2.05 bits per heavy atom. The zero-order valence-electron chi connectivity index (χ0n) is 12.0. The highest BCUT2D eigenvalue weighted by Gasteiger charge is 2.45. The number of piperazine rings is 1. The van der Waals surface area contributed by atoms with E-state index in [4.69, 9.17) is 16.7 Å². The summed E-state index contributed by atoms with van der Waals surface area (Å²) in [5.41, 5.74) is -1.57. The van der Waals surface area contributed by atoms with Gasteiger partial charge < -0.3 is 10.4 Å². The highest BCUT2D eigenvalue weighted by atomic mass is 35.5. The van der Waals surface area contributed by atoms with Crippen molar-refractivity contribution in [3.8, 4) is 0 Å². The van der Waals surface area contributed by atoms with E-state index in [9.17, 15) is 18.0 Å². The predicted molar refractivity (Wildman–Crippen MR) is 79.4 cm³/mol. The molecule has 1 amide bonds. The van der Waals surface area contributed by atoms with Gasteiger partial charge in [0.15, 0.2) is 0 Å². The van der Waals surface area contributed by atoms with Crippen molar-refractivity contribution in [2.45, 2.75) is 24.3 Å². The van der Waals surface area contributed by atoms with Gasteiger partial charge >= 0.3 is 5.97 Å². The number of carboxylic acid groups (broad SMARTS) is 1. The summed E-state index contributed by atoms with van der Waals surface area (Å²) >= 11 is 5.75. The maximum atomic E-state index is 12.7. The molecule has 2 N–H and O–H groups in total. The molecule has 1 fully saturated rings. The number of carbonyl (C=O) groups is 2. The number of carbonyl (C=O) groups excluding carboxylic acids is 1. The van der Waals surface area contributed by atoms with E-state index in [0.717, 1.165) is 10.4 Å². The van der Waals surface area contributed by atoms with Crippen LogP contribution in [-0.4, -0.2) is 48.3 Å². The fourth-order valence-corrected chi connectivity index (χ4v) is 4.23. The summed E-state index contributed by atoms with van der Waals surface area (Å²) in [4.78, 5) is 22.8. The van der Waals surface area contributed by atoms with Gasteiger partial charge in [-0.15, -0.1) is 0 Å². The van der Waals surface area contributed by atoms with Gasteiger partial charge in [-0.3, -0.25) is 4.79 Å². The molecule has 2 rings (SSSR count). The van der Waals surface area contributed by atoms with Crippen LogP contribution in [0.5, 0.6) is 0 Å². The summed E-state index contributed by atoms with van der Waals surface area (Å²) in [6, 6.07) is 3.45. The van der Waals surface area contributed by atoms with Crippen molar-refractivity contribution < 1.29 is 23.1 Å².